The monoisotopic (exact) mass is 384 g/mol. The van der Waals surface area contributed by atoms with E-state index in [4.69, 9.17) is 9.47 Å². The van der Waals surface area contributed by atoms with Crippen LogP contribution in [0, 0.1) is 0 Å². The van der Waals surface area contributed by atoms with Gasteiger partial charge in [0, 0.05) is 5.69 Å². The van der Waals surface area contributed by atoms with E-state index in [0.29, 0.717) is 12.3 Å². The summed E-state index contributed by atoms with van der Waals surface area (Å²) in [5, 5.41) is 5.43. The quantitative estimate of drug-likeness (QED) is 0.753. The molecule has 2 aromatic rings. The average molecular weight is 384 g/mol. The van der Waals surface area contributed by atoms with Crippen molar-refractivity contribution in [1.29, 1.82) is 0 Å². The number of hydrogen-bond acceptors (Lipinski definition) is 4. The standard InChI is InChI=1S/C22H28N2O4/c1-16(27-15-17-11-7-5-8-12-17)19(24-21(26)28-22(2,3)4)20(25)23-18-13-9-6-10-14-18/h5-14,16,19H,15H2,1-4H3,(H,23,25)(H,24,26)/t16-,19+/m1/s1. The molecular formula is C22H28N2O4. The third kappa shape index (κ3) is 7.40. The molecule has 2 amide bonds. The Morgan fingerprint density at radius 1 is 0.964 bits per heavy atom. The second-order valence-electron chi connectivity index (χ2n) is 7.48. The summed E-state index contributed by atoms with van der Waals surface area (Å²) in [6.45, 7) is 7.37. The van der Waals surface area contributed by atoms with Crippen molar-refractivity contribution in [1.82, 2.24) is 5.32 Å². The van der Waals surface area contributed by atoms with Crippen LogP contribution in [-0.2, 0) is 20.9 Å². The van der Waals surface area contributed by atoms with Crippen LogP contribution in [0.4, 0.5) is 10.5 Å². The summed E-state index contributed by atoms with van der Waals surface area (Å²) in [6.07, 6.45) is -1.24. The largest absolute Gasteiger partial charge is 0.444 e. The van der Waals surface area contributed by atoms with Crippen molar-refractivity contribution >= 4 is 17.7 Å². The van der Waals surface area contributed by atoms with E-state index in [1.807, 2.05) is 48.5 Å². The summed E-state index contributed by atoms with van der Waals surface area (Å²) in [5.74, 6) is -0.377. The molecule has 6 heteroatoms. The minimum Gasteiger partial charge on any atom is -0.444 e. The van der Waals surface area contributed by atoms with Gasteiger partial charge in [-0.3, -0.25) is 4.79 Å². The van der Waals surface area contributed by atoms with Gasteiger partial charge in [0.15, 0.2) is 0 Å². The van der Waals surface area contributed by atoms with E-state index in [-0.39, 0.29) is 5.91 Å². The number of nitrogens with one attached hydrogen (secondary N) is 2. The van der Waals surface area contributed by atoms with Crippen LogP contribution in [0.25, 0.3) is 0 Å². The third-order valence-electron chi connectivity index (χ3n) is 3.82. The Kier molecular flexibility index (Phi) is 7.58. The highest BCUT2D eigenvalue weighted by Crippen LogP contribution is 2.12. The second kappa shape index (κ2) is 9.90. The molecule has 0 spiro atoms. The second-order valence-corrected chi connectivity index (χ2v) is 7.48. The molecule has 28 heavy (non-hydrogen) atoms. The summed E-state index contributed by atoms with van der Waals surface area (Å²) in [6, 6.07) is 17.8. The van der Waals surface area contributed by atoms with Gasteiger partial charge in [0.1, 0.15) is 11.6 Å². The van der Waals surface area contributed by atoms with Crippen LogP contribution in [0.5, 0.6) is 0 Å². The molecule has 0 bridgehead atoms. The summed E-state index contributed by atoms with van der Waals surface area (Å²) in [4.78, 5) is 25.0. The molecule has 0 saturated heterocycles. The number of amides is 2. The minimum atomic E-state index is -0.918. The Morgan fingerprint density at radius 2 is 1.54 bits per heavy atom. The molecule has 0 saturated carbocycles. The number of hydrogen-bond donors (Lipinski definition) is 2. The maximum absolute atomic E-state index is 12.8. The van der Waals surface area contributed by atoms with Crippen LogP contribution < -0.4 is 10.6 Å². The fourth-order valence-corrected chi connectivity index (χ4v) is 2.47. The van der Waals surface area contributed by atoms with Crippen molar-refractivity contribution < 1.29 is 19.1 Å². The normalized spacial score (nSPS) is 13.3. The van der Waals surface area contributed by atoms with Crippen LogP contribution in [-0.4, -0.2) is 29.7 Å². The van der Waals surface area contributed by atoms with Crippen molar-refractivity contribution in [2.75, 3.05) is 5.32 Å². The lowest BCUT2D eigenvalue weighted by atomic mass is 10.1. The van der Waals surface area contributed by atoms with E-state index in [1.165, 1.54) is 0 Å². The zero-order valence-electron chi connectivity index (χ0n) is 16.8. The fraction of sp³-hybridized carbons (Fsp3) is 0.364. The van der Waals surface area contributed by atoms with Crippen molar-refractivity contribution in [3.8, 4) is 0 Å². The molecule has 150 valence electrons. The lowest BCUT2D eigenvalue weighted by molar-refractivity contribution is -0.122. The molecule has 0 fully saturated rings. The van der Waals surface area contributed by atoms with Gasteiger partial charge in [-0.25, -0.2) is 4.79 Å². The number of para-hydroxylation sites is 1. The zero-order valence-corrected chi connectivity index (χ0v) is 16.8. The van der Waals surface area contributed by atoms with Crippen LogP contribution in [0.3, 0.4) is 0 Å². The minimum absolute atomic E-state index is 0.327. The van der Waals surface area contributed by atoms with Crippen molar-refractivity contribution in [3.05, 3.63) is 66.2 Å². The Bertz CT molecular complexity index is 757. The van der Waals surface area contributed by atoms with Gasteiger partial charge in [0.25, 0.3) is 0 Å². The molecule has 2 aromatic carbocycles. The predicted octanol–water partition coefficient (Wildman–Crippen LogP) is 4.12. The van der Waals surface area contributed by atoms with Crippen molar-refractivity contribution in [2.45, 2.75) is 52.0 Å². The SMILES string of the molecule is C[C@@H](OCc1ccccc1)[C@H](NC(=O)OC(C)(C)C)C(=O)Nc1ccccc1. The van der Waals surface area contributed by atoms with E-state index < -0.39 is 23.8 Å². The van der Waals surface area contributed by atoms with Gasteiger partial charge in [-0.1, -0.05) is 48.5 Å². The molecule has 2 rings (SSSR count). The first-order valence-electron chi connectivity index (χ1n) is 9.25. The molecule has 0 radical (unpaired) electrons. The molecular weight excluding hydrogens is 356 g/mol. The Morgan fingerprint density at radius 3 is 2.11 bits per heavy atom. The average Bonchev–Trinajstić information content (AvgIpc) is 2.64. The zero-order chi connectivity index (χ0) is 20.6. The number of anilines is 1. The van der Waals surface area contributed by atoms with Gasteiger partial charge in [0.05, 0.1) is 12.7 Å². The van der Waals surface area contributed by atoms with Crippen molar-refractivity contribution in [3.63, 3.8) is 0 Å². The Labute approximate surface area is 166 Å². The number of carbonyl (C=O) groups excluding carboxylic acids is 2. The molecule has 0 aromatic heterocycles. The molecule has 6 nitrogen and oxygen atoms in total. The van der Waals surface area contributed by atoms with E-state index in [1.54, 1.807) is 39.8 Å². The molecule has 0 aliphatic carbocycles. The fourth-order valence-electron chi connectivity index (χ4n) is 2.47. The highest BCUT2D eigenvalue weighted by molar-refractivity contribution is 5.97. The van der Waals surface area contributed by atoms with Crippen LogP contribution in [0.15, 0.2) is 60.7 Å². The maximum atomic E-state index is 12.8. The lowest BCUT2D eigenvalue weighted by Crippen LogP contribution is -2.52. The number of benzene rings is 2. The molecule has 0 unspecified atom stereocenters. The lowest BCUT2D eigenvalue weighted by Gasteiger charge is -2.27. The van der Waals surface area contributed by atoms with E-state index in [0.717, 1.165) is 5.56 Å². The first-order chi connectivity index (χ1) is 13.2. The summed E-state index contributed by atoms with van der Waals surface area (Å²) in [7, 11) is 0. The van der Waals surface area contributed by atoms with E-state index in [2.05, 4.69) is 10.6 Å². The number of alkyl carbamates (subject to hydrolysis) is 1. The van der Waals surface area contributed by atoms with E-state index in [9.17, 15) is 9.59 Å². The van der Waals surface area contributed by atoms with Gasteiger partial charge >= 0.3 is 6.09 Å². The van der Waals surface area contributed by atoms with E-state index >= 15 is 0 Å². The smallest absolute Gasteiger partial charge is 0.408 e. The van der Waals surface area contributed by atoms with Gasteiger partial charge < -0.3 is 20.1 Å². The van der Waals surface area contributed by atoms with Crippen LogP contribution >= 0.6 is 0 Å². The first kappa shape index (κ1) is 21.4. The number of ether oxygens (including phenoxy) is 2. The van der Waals surface area contributed by atoms with Crippen LogP contribution in [0.2, 0.25) is 0 Å². The first-order valence-corrected chi connectivity index (χ1v) is 9.25. The third-order valence-corrected chi connectivity index (χ3v) is 3.82. The molecule has 0 aliphatic heterocycles. The topological polar surface area (TPSA) is 76.7 Å². The summed E-state index contributed by atoms with van der Waals surface area (Å²) >= 11 is 0. The summed E-state index contributed by atoms with van der Waals surface area (Å²) < 4.78 is 11.1. The number of carbonyl (C=O) groups is 2. The van der Waals surface area contributed by atoms with Gasteiger partial charge in [0.2, 0.25) is 5.91 Å². The van der Waals surface area contributed by atoms with Gasteiger partial charge in [-0.15, -0.1) is 0 Å². The van der Waals surface area contributed by atoms with Crippen molar-refractivity contribution in [2.24, 2.45) is 0 Å². The molecule has 0 aliphatic rings. The van der Waals surface area contributed by atoms with Gasteiger partial charge in [-0.05, 0) is 45.4 Å². The maximum Gasteiger partial charge on any atom is 0.408 e. The molecule has 2 atom stereocenters. The molecule has 2 N–H and O–H groups in total. The van der Waals surface area contributed by atoms with Gasteiger partial charge in [-0.2, -0.15) is 0 Å². The number of rotatable bonds is 7. The molecule has 0 heterocycles. The Hall–Kier alpha value is -2.86. The highest BCUT2D eigenvalue weighted by atomic mass is 16.6. The Balaban J connectivity index is 2.07. The van der Waals surface area contributed by atoms with Crippen LogP contribution in [0.1, 0.15) is 33.3 Å². The highest BCUT2D eigenvalue weighted by Gasteiger charge is 2.30. The summed E-state index contributed by atoms with van der Waals surface area (Å²) in [5.41, 5.74) is 0.950. The predicted molar refractivity (Wildman–Crippen MR) is 109 cm³/mol.